The Morgan fingerprint density at radius 2 is 1.86 bits per heavy atom. The summed E-state index contributed by atoms with van der Waals surface area (Å²) < 4.78 is 4.83. The van der Waals surface area contributed by atoms with Gasteiger partial charge in [0.05, 0.1) is 17.7 Å². The zero-order valence-corrected chi connectivity index (χ0v) is 12.0. The average molecular weight is 296 g/mol. The van der Waals surface area contributed by atoms with Crippen LogP contribution in [0.4, 0.5) is 0 Å². The van der Waals surface area contributed by atoms with E-state index in [2.05, 4.69) is 0 Å². The van der Waals surface area contributed by atoms with Crippen molar-refractivity contribution >= 4 is 11.8 Å². The number of esters is 1. The van der Waals surface area contributed by atoms with E-state index in [1.807, 2.05) is 0 Å². The molecular weight excluding hydrogens is 276 g/mol. The SMILES string of the molecule is CCOC(=O)c1cc(O)cc(O)c1C(=O)CCCCCO. The smallest absolute Gasteiger partial charge is 0.339 e. The van der Waals surface area contributed by atoms with Gasteiger partial charge >= 0.3 is 5.97 Å². The Balaban J connectivity index is 2.98. The third-order valence-corrected chi connectivity index (χ3v) is 2.94. The fraction of sp³-hybridized carbons (Fsp3) is 0.467. The minimum Gasteiger partial charge on any atom is -0.508 e. The summed E-state index contributed by atoms with van der Waals surface area (Å²) in [6.45, 7) is 1.81. The van der Waals surface area contributed by atoms with Crippen molar-refractivity contribution < 1.29 is 29.6 Å². The monoisotopic (exact) mass is 296 g/mol. The fourth-order valence-electron chi connectivity index (χ4n) is 1.97. The largest absolute Gasteiger partial charge is 0.508 e. The van der Waals surface area contributed by atoms with Crippen molar-refractivity contribution in [2.75, 3.05) is 13.2 Å². The number of aromatic hydroxyl groups is 2. The molecule has 0 saturated heterocycles. The molecule has 1 aromatic carbocycles. The van der Waals surface area contributed by atoms with Crippen molar-refractivity contribution in [3.8, 4) is 11.5 Å². The fourth-order valence-corrected chi connectivity index (χ4v) is 1.97. The number of ketones is 1. The number of phenolic OH excluding ortho intramolecular Hbond substituents is 2. The van der Waals surface area contributed by atoms with E-state index in [0.29, 0.717) is 19.3 Å². The molecule has 0 aliphatic heterocycles. The number of rotatable bonds is 8. The van der Waals surface area contributed by atoms with Crippen molar-refractivity contribution in [3.05, 3.63) is 23.3 Å². The van der Waals surface area contributed by atoms with Crippen LogP contribution in [0.1, 0.15) is 53.3 Å². The Hall–Kier alpha value is -2.08. The van der Waals surface area contributed by atoms with E-state index in [4.69, 9.17) is 9.84 Å². The average Bonchev–Trinajstić information content (AvgIpc) is 2.42. The molecule has 0 bridgehead atoms. The van der Waals surface area contributed by atoms with Crippen molar-refractivity contribution in [2.24, 2.45) is 0 Å². The van der Waals surface area contributed by atoms with Crippen LogP contribution in [0.3, 0.4) is 0 Å². The summed E-state index contributed by atoms with van der Waals surface area (Å²) in [5.74, 6) is -1.91. The summed E-state index contributed by atoms with van der Waals surface area (Å²) in [7, 11) is 0. The first-order valence-electron chi connectivity index (χ1n) is 6.88. The molecule has 0 saturated carbocycles. The maximum absolute atomic E-state index is 12.2. The number of Topliss-reactive ketones (excluding diaryl/α,β-unsaturated/α-hetero) is 1. The summed E-state index contributed by atoms with van der Waals surface area (Å²) in [5.41, 5.74) is -0.267. The highest BCUT2D eigenvalue weighted by Crippen LogP contribution is 2.29. The zero-order chi connectivity index (χ0) is 15.8. The molecule has 0 atom stereocenters. The molecule has 116 valence electrons. The van der Waals surface area contributed by atoms with Gasteiger partial charge in [-0.05, 0) is 25.8 Å². The molecule has 1 aromatic rings. The van der Waals surface area contributed by atoms with Gasteiger partial charge in [0.2, 0.25) is 0 Å². The number of carbonyl (C=O) groups is 2. The topological polar surface area (TPSA) is 104 Å². The summed E-state index contributed by atoms with van der Waals surface area (Å²) in [5, 5.41) is 28.0. The van der Waals surface area contributed by atoms with E-state index in [1.54, 1.807) is 6.92 Å². The molecule has 0 spiro atoms. The van der Waals surface area contributed by atoms with Crippen LogP contribution in [0.15, 0.2) is 12.1 Å². The third kappa shape index (κ3) is 4.75. The molecule has 6 heteroatoms. The lowest BCUT2D eigenvalue weighted by atomic mass is 9.98. The van der Waals surface area contributed by atoms with Gasteiger partial charge in [0.15, 0.2) is 5.78 Å². The number of phenols is 2. The standard InChI is InChI=1S/C15H20O6/c1-2-21-15(20)11-8-10(17)9-13(19)14(11)12(18)6-4-3-5-7-16/h8-9,16-17,19H,2-7H2,1H3. The van der Waals surface area contributed by atoms with Crippen LogP contribution in [-0.4, -0.2) is 40.3 Å². The van der Waals surface area contributed by atoms with Gasteiger partial charge in [-0.3, -0.25) is 4.79 Å². The van der Waals surface area contributed by atoms with Crippen molar-refractivity contribution in [3.63, 3.8) is 0 Å². The van der Waals surface area contributed by atoms with Gasteiger partial charge in [-0.1, -0.05) is 6.42 Å². The van der Waals surface area contributed by atoms with Gasteiger partial charge in [0, 0.05) is 19.1 Å². The lowest BCUT2D eigenvalue weighted by molar-refractivity contribution is 0.0521. The van der Waals surface area contributed by atoms with Crippen molar-refractivity contribution in [2.45, 2.75) is 32.6 Å². The van der Waals surface area contributed by atoms with Crippen LogP contribution >= 0.6 is 0 Å². The molecule has 1 rings (SSSR count). The Bertz CT molecular complexity index is 509. The lowest BCUT2D eigenvalue weighted by Crippen LogP contribution is -2.12. The van der Waals surface area contributed by atoms with Crippen molar-refractivity contribution in [1.29, 1.82) is 0 Å². The number of ether oxygens (including phenoxy) is 1. The Kier molecular flexibility index (Phi) is 6.68. The number of carbonyl (C=O) groups excluding carboxylic acids is 2. The first kappa shape index (κ1) is 17.0. The van der Waals surface area contributed by atoms with E-state index in [-0.39, 0.29) is 36.5 Å². The minimum atomic E-state index is -0.762. The second kappa shape index (κ2) is 8.26. The number of aliphatic hydroxyl groups is 1. The van der Waals surface area contributed by atoms with Gasteiger partial charge < -0.3 is 20.1 Å². The zero-order valence-electron chi connectivity index (χ0n) is 12.0. The molecule has 0 aliphatic rings. The maximum Gasteiger partial charge on any atom is 0.339 e. The Labute approximate surface area is 123 Å². The first-order chi connectivity index (χ1) is 10.0. The first-order valence-corrected chi connectivity index (χ1v) is 6.88. The second-order valence-corrected chi connectivity index (χ2v) is 4.57. The van der Waals surface area contributed by atoms with Crippen LogP contribution < -0.4 is 0 Å². The van der Waals surface area contributed by atoms with Gasteiger partial charge in [-0.2, -0.15) is 0 Å². The predicted octanol–water partition coefficient (Wildman–Crippen LogP) is 2.01. The van der Waals surface area contributed by atoms with Crippen LogP contribution in [0.25, 0.3) is 0 Å². The highest BCUT2D eigenvalue weighted by Gasteiger charge is 2.23. The molecule has 0 aromatic heterocycles. The Morgan fingerprint density at radius 1 is 1.14 bits per heavy atom. The van der Waals surface area contributed by atoms with Gasteiger partial charge in [0.1, 0.15) is 11.5 Å². The highest BCUT2D eigenvalue weighted by atomic mass is 16.5. The van der Waals surface area contributed by atoms with E-state index in [9.17, 15) is 19.8 Å². The van der Waals surface area contributed by atoms with Crippen molar-refractivity contribution in [1.82, 2.24) is 0 Å². The summed E-state index contributed by atoms with van der Waals surface area (Å²) in [4.78, 5) is 24.0. The van der Waals surface area contributed by atoms with Crippen LogP contribution in [0.2, 0.25) is 0 Å². The molecule has 0 fully saturated rings. The van der Waals surface area contributed by atoms with E-state index in [0.717, 1.165) is 12.1 Å². The van der Waals surface area contributed by atoms with Gasteiger partial charge in [-0.15, -0.1) is 0 Å². The molecule has 21 heavy (non-hydrogen) atoms. The second-order valence-electron chi connectivity index (χ2n) is 4.57. The van der Waals surface area contributed by atoms with Gasteiger partial charge in [0.25, 0.3) is 0 Å². The number of aliphatic hydroxyl groups excluding tert-OH is 1. The van der Waals surface area contributed by atoms with Crippen LogP contribution in [0.5, 0.6) is 11.5 Å². The maximum atomic E-state index is 12.2. The summed E-state index contributed by atoms with van der Waals surface area (Å²) in [6.07, 6.45) is 1.96. The molecule has 6 nitrogen and oxygen atoms in total. The molecule has 0 aliphatic carbocycles. The lowest BCUT2D eigenvalue weighted by Gasteiger charge is -2.11. The minimum absolute atomic E-state index is 0.0622. The summed E-state index contributed by atoms with van der Waals surface area (Å²) >= 11 is 0. The Morgan fingerprint density at radius 3 is 2.48 bits per heavy atom. The highest BCUT2D eigenvalue weighted by molar-refractivity contribution is 6.08. The normalized spacial score (nSPS) is 10.4. The van der Waals surface area contributed by atoms with Gasteiger partial charge in [-0.25, -0.2) is 4.79 Å². The number of hydrogen-bond acceptors (Lipinski definition) is 6. The summed E-state index contributed by atoms with van der Waals surface area (Å²) in [6, 6.07) is 2.13. The van der Waals surface area contributed by atoms with E-state index >= 15 is 0 Å². The number of hydrogen-bond donors (Lipinski definition) is 3. The van der Waals surface area contributed by atoms with E-state index < -0.39 is 17.5 Å². The van der Waals surface area contributed by atoms with E-state index in [1.165, 1.54) is 0 Å². The molecule has 0 heterocycles. The molecule has 0 unspecified atom stereocenters. The molecule has 0 amide bonds. The van der Waals surface area contributed by atoms with Crippen LogP contribution in [0, 0.1) is 0 Å². The molecular formula is C15H20O6. The quantitative estimate of drug-likeness (QED) is 0.385. The van der Waals surface area contributed by atoms with Crippen LogP contribution in [-0.2, 0) is 4.74 Å². The molecule has 3 N–H and O–H groups in total. The molecule has 0 radical (unpaired) electrons. The predicted molar refractivity (Wildman–Crippen MR) is 75.6 cm³/mol. The number of unbranched alkanes of at least 4 members (excludes halogenated alkanes) is 2. The number of benzene rings is 1. The third-order valence-electron chi connectivity index (χ3n) is 2.94.